The van der Waals surface area contributed by atoms with Gasteiger partial charge in [-0.15, -0.1) is 0 Å². The van der Waals surface area contributed by atoms with Crippen LogP contribution in [0, 0.1) is 5.92 Å². The largest absolute Gasteiger partial charge is 0.481 e. The van der Waals surface area contributed by atoms with Crippen LogP contribution in [0.4, 0.5) is 0 Å². The highest BCUT2D eigenvalue weighted by atomic mass is 33.1. The van der Waals surface area contributed by atoms with E-state index in [4.69, 9.17) is 5.11 Å². The van der Waals surface area contributed by atoms with E-state index >= 15 is 0 Å². The third-order valence-corrected chi connectivity index (χ3v) is 3.95. The lowest BCUT2D eigenvalue weighted by Crippen LogP contribution is -2.27. The quantitative estimate of drug-likeness (QED) is 0.333. The summed E-state index contributed by atoms with van der Waals surface area (Å²) in [6, 6.07) is 0. The number of rotatable bonds is 10. The van der Waals surface area contributed by atoms with E-state index in [1.54, 1.807) is 7.05 Å². The first kappa shape index (κ1) is 14.6. The van der Waals surface area contributed by atoms with Gasteiger partial charge in [0.15, 0.2) is 0 Å². The number of nitrogens with one attached hydrogen (secondary N) is 1. The average Bonchev–Trinajstić information content (AvgIpc) is 2.21. The van der Waals surface area contributed by atoms with E-state index in [2.05, 4.69) is 10.1 Å². The minimum Gasteiger partial charge on any atom is -0.481 e. The van der Waals surface area contributed by atoms with E-state index in [0.29, 0.717) is 31.1 Å². The molecule has 0 spiro atoms. The molecule has 5 nitrogen and oxygen atoms in total. The average molecular weight is 253 g/mol. The Hall–Kier alpha value is -0.400. The Morgan fingerprint density at radius 1 is 1.60 bits per heavy atom. The topological polar surface area (TPSA) is 75.6 Å². The fourth-order valence-corrected chi connectivity index (χ4v) is 2.93. The summed E-state index contributed by atoms with van der Waals surface area (Å²) < 4.78 is 4.49. The summed E-state index contributed by atoms with van der Waals surface area (Å²) in [5.74, 6) is 0.0538. The lowest BCUT2D eigenvalue weighted by atomic mass is 10.2. The van der Waals surface area contributed by atoms with Gasteiger partial charge in [-0.3, -0.25) is 9.59 Å². The molecule has 15 heavy (non-hydrogen) atoms. The number of ether oxygens (including phenoxy) is 1. The maximum Gasteiger partial charge on any atom is 0.308 e. The third-order valence-electron chi connectivity index (χ3n) is 1.50. The van der Waals surface area contributed by atoms with Gasteiger partial charge < -0.3 is 15.2 Å². The summed E-state index contributed by atoms with van der Waals surface area (Å²) >= 11 is 0. The zero-order valence-electron chi connectivity index (χ0n) is 8.47. The normalized spacial score (nSPS) is 12.1. The molecule has 0 saturated heterocycles. The van der Waals surface area contributed by atoms with E-state index in [0.717, 1.165) is 0 Å². The molecule has 0 aliphatic rings. The fraction of sp³-hybridized carbons (Fsp3) is 0.750. The molecule has 0 amide bonds. The smallest absolute Gasteiger partial charge is 0.308 e. The van der Waals surface area contributed by atoms with Crippen molar-refractivity contribution in [3.05, 3.63) is 0 Å². The molecule has 0 saturated carbocycles. The van der Waals surface area contributed by atoms with Gasteiger partial charge in [0.2, 0.25) is 0 Å². The van der Waals surface area contributed by atoms with Crippen molar-refractivity contribution in [2.75, 3.05) is 31.7 Å². The molecule has 0 radical (unpaired) electrons. The fourth-order valence-electron chi connectivity index (χ4n) is 0.783. The Kier molecular flexibility index (Phi) is 9.86. The first-order valence-electron chi connectivity index (χ1n) is 4.39. The number of hydrogen-bond donors (Lipinski definition) is 2. The number of carboxylic acids is 1. The number of aliphatic carboxylic acids is 1. The van der Waals surface area contributed by atoms with Crippen LogP contribution >= 0.6 is 21.6 Å². The molecule has 0 aromatic carbocycles. The maximum absolute atomic E-state index is 10.7. The predicted octanol–water partition coefficient (Wildman–Crippen LogP) is 0.461. The van der Waals surface area contributed by atoms with Crippen molar-refractivity contribution in [3.8, 4) is 0 Å². The van der Waals surface area contributed by atoms with Gasteiger partial charge in [0.1, 0.15) is 6.61 Å². The van der Waals surface area contributed by atoms with Crippen LogP contribution in [0.3, 0.4) is 0 Å². The second kappa shape index (κ2) is 10.1. The van der Waals surface area contributed by atoms with E-state index in [-0.39, 0.29) is 5.92 Å². The summed E-state index contributed by atoms with van der Waals surface area (Å²) in [6.45, 7) is 1.24. The first-order valence-corrected chi connectivity index (χ1v) is 6.88. The molecule has 7 heteroatoms. The molecular formula is C8H15NO4S2. The number of carbonyl (C=O) groups excluding carboxylic acids is 1. The molecule has 2 N–H and O–H groups in total. The minimum absolute atomic E-state index is 0.366. The second-order valence-electron chi connectivity index (χ2n) is 2.67. The van der Waals surface area contributed by atoms with Gasteiger partial charge in [0, 0.05) is 18.1 Å². The maximum atomic E-state index is 10.7. The molecule has 0 unspecified atom stereocenters. The summed E-state index contributed by atoms with van der Waals surface area (Å²) in [7, 11) is 4.71. The van der Waals surface area contributed by atoms with Crippen molar-refractivity contribution in [2.45, 2.75) is 0 Å². The van der Waals surface area contributed by atoms with Gasteiger partial charge >= 0.3 is 5.97 Å². The van der Waals surface area contributed by atoms with Gasteiger partial charge in [-0.1, -0.05) is 21.6 Å². The van der Waals surface area contributed by atoms with Crippen LogP contribution in [0.5, 0.6) is 0 Å². The zero-order chi connectivity index (χ0) is 11.5. The van der Waals surface area contributed by atoms with E-state index in [9.17, 15) is 9.59 Å². The monoisotopic (exact) mass is 253 g/mol. The molecule has 0 fully saturated rings. The molecule has 88 valence electrons. The van der Waals surface area contributed by atoms with E-state index < -0.39 is 5.97 Å². The van der Waals surface area contributed by atoms with Crippen molar-refractivity contribution >= 4 is 34.0 Å². The van der Waals surface area contributed by atoms with Gasteiger partial charge in [0.05, 0.1) is 5.92 Å². The van der Waals surface area contributed by atoms with Gasteiger partial charge in [-0.05, 0) is 7.05 Å². The number of carboxylic acid groups (broad SMARTS) is 1. The lowest BCUT2D eigenvalue weighted by Gasteiger charge is -2.10. The summed E-state index contributed by atoms with van der Waals surface area (Å²) in [4.78, 5) is 20.5. The van der Waals surface area contributed by atoms with Crippen LogP contribution in [-0.4, -0.2) is 49.3 Å². The molecule has 0 aliphatic heterocycles. The Morgan fingerprint density at radius 3 is 2.87 bits per heavy atom. The van der Waals surface area contributed by atoms with Gasteiger partial charge in [-0.2, -0.15) is 0 Å². The third kappa shape index (κ3) is 8.59. The molecular weight excluding hydrogens is 238 g/mol. The van der Waals surface area contributed by atoms with Crippen molar-refractivity contribution in [3.63, 3.8) is 0 Å². The molecule has 1 atom stereocenters. The molecule has 0 rings (SSSR count). The van der Waals surface area contributed by atoms with Gasteiger partial charge in [0.25, 0.3) is 6.47 Å². The lowest BCUT2D eigenvalue weighted by molar-refractivity contribution is -0.140. The molecule has 0 aromatic heterocycles. The van der Waals surface area contributed by atoms with E-state index in [1.807, 2.05) is 0 Å². The van der Waals surface area contributed by atoms with Crippen LogP contribution in [-0.2, 0) is 14.3 Å². The Morgan fingerprint density at radius 2 is 2.33 bits per heavy atom. The molecule has 0 bridgehead atoms. The van der Waals surface area contributed by atoms with Crippen molar-refractivity contribution in [2.24, 2.45) is 5.92 Å². The predicted molar refractivity (Wildman–Crippen MR) is 62.0 cm³/mol. The van der Waals surface area contributed by atoms with Crippen LogP contribution in [0.1, 0.15) is 0 Å². The molecule has 0 aromatic rings. The Labute approximate surface area is 96.7 Å². The van der Waals surface area contributed by atoms with Crippen molar-refractivity contribution in [1.82, 2.24) is 5.32 Å². The standard InChI is InChI=1S/C8H15NO4S2/c1-9-4-7(8(11)12)5-15-14-3-2-13-6-10/h6-7,9H,2-5H2,1H3,(H,11,12)/t7-/m0/s1. The van der Waals surface area contributed by atoms with Crippen LogP contribution in [0.15, 0.2) is 0 Å². The first-order chi connectivity index (χ1) is 7.22. The minimum atomic E-state index is -0.790. The van der Waals surface area contributed by atoms with Crippen LogP contribution in [0.2, 0.25) is 0 Å². The number of hydrogen-bond acceptors (Lipinski definition) is 6. The van der Waals surface area contributed by atoms with Crippen molar-refractivity contribution < 1.29 is 19.4 Å². The number of carbonyl (C=O) groups is 2. The highest BCUT2D eigenvalue weighted by molar-refractivity contribution is 8.76. The highest BCUT2D eigenvalue weighted by Gasteiger charge is 2.16. The summed E-state index contributed by atoms with van der Waals surface area (Å²) in [5.41, 5.74) is 0. The zero-order valence-corrected chi connectivity index (χ0v) is 10.1. The second-order valence-corrected chi connectivity index (χ2v) is 5.29. The SMILES string of the molecule is CNC[C@@H](CSSCCOC=O)C(=O)O. The highest BCUT2D eigenvalue weighted by Crippen LogP contribution is 2.23. The van der Waals surface area contributed by atoms with Gasteiger partial charge in [-0.25, -0.2) is 0 Å². The summed E-state index contributed by atoms with van der Waals surface area (Å²) in [6.07, 6.45) is 0. The van der Waals surface area contributed by atoms with Crippen molar-refractivity contribution in [1.29, 1.82) is 0 Å². The Balaban J connectivity index is 3.45. The van der Waals surface area contributed by atoms with Crippen LogP contribution in [0.25, 0.3) is 0 Å². The van der Waals surface area contributed by atoms with E-state index in [1.165, 1.54) is 21.6 Å². The summed E-state index contributed by atoms with van der Waals surface area (Å²) in [5, 5.41) is 11.6. The molecule has 0 aliphatic carbocycles. The Bertz CT molecular complexity index is 191. The molecule has 0 heterocycles. The van der Waals surface area contributed by atoms with Crippen LogP contribution < -0.4 is 5.32 Å².